The SMILES string of the molecule is CCc1ccc(N2C(=O)NC(=O)/C(=C/c3cccn3CCOc3ccc(C)cc3)C2=O)cc1. The molecule has 2 heterocycles. The summed E-state index contributed by atoms with van der Waals surface area (Å²) in [6.07, 6.45) is 4.20. The fraction of sp³-hybridized carbons (Fsp3) is 0.192. The molecule has 2 aromatic carbocycles. The molecule has 1 saturated heterocycles. The molecule has 0 saturated carbocycles. The maximum Gasteiger partial charge on any atom is 0.335 e. The van der Waals surface area contributed by atoms with Gasteiger partial charge in [-0.25, -0.2) is 9.69 Å². The minimum Gasteiger partial charge on any atom is -0.492 e. The van der Waals surface area contributed by atoms with E-state index in [0.717, 1.165) is 28.2 Å². The summed E-state index contributed by atoms with van der Waals surface area (Å²) in [5.74, 6) is -0.593. The average Bonchev–Trinajstić information content (AvgIpc) is 3.25. The lowest BCUT2D eigenvalue weighted by atomic mass is 10.1. The molecule has 3 aromatic rings. The first-order valence-electron chi connectivity index (χ1n) is 10.8. The van der Waals surface area contributed by atoms with Crippen molar-refractivity contribution in [3.8, 4) is 5.75 Å². The Balaban J connectivity index is 1.52. The van der Waals surface area contributed by atoms with Crippen molar-refractivity contribution in [3.05, 3.63) is 89.3 Å². The normalized spacial score (nSPS) is 15.2. The first-order valence-corrected chi connectivity index (χ1v) is 10.8. The third-order valence-corrected chi connectivity index (χ3v) is 5.48. The molecule has 0 bridgehead atoms. The summed E-state index contributed by atoms with van der Waals surface area (Å²) in [5.41, 5.74) is 3.22. The number of carbonyl (C=O) groups excluding carboxylic acids is 3. The Morgan fingerprint density at radius 1 is 0.970 bits per heavy atom. The third kappa shape index (κ3) is 4.87. The molecule has 1 aromatic heterocycles. The zero-order chi connectivity index (χ0) is 23.4. The lowest BCUT2D eigenvalue weighted by Gasteiger charge is -2.26. The molecule has 33 heavy (non-hydrogen) atoms. The van der Waals surface area contributed by atoms with Crippen LogP contribution in [-0.4, -0.2) is 29.0 Å². The molecule has 0 radical (unpaired) electrons. The standard InChI is InChI=1S/C26H25N3O4/c1-3-19-8-10-20(11-9-19)29-25(31)23(24(30)27-26(29)32)17-21-5-4-14-28(21)15-16-33-22-12-6-18(2)7-13-22/h4-14,17H,3,15-16H2,1-2H3,(H,27,30,32)/b23-17-. The number of hydrogen-bond acceptors (Lipinski definition) is 4. The van der Waals surface area contributed by atoms with E-state index in [2.05, 4.69) is 5.32 Å². The topological polar surface area (TPSA) is 80.6 Å². The van der Waals surface area contributed by atoms with Crippen LogP contribution in [0.3, 0.4) is 0 Å². The number of carbonyl (C=O) groups is 3. The predicted molar refractivity (Wildman–Crippen MR) is 126 cm³/mol. The molecule has 1 fully saturated rings. The van der Waals surface area contributed by atoms with Gasteiger partial charge in [-0.3, -0.25) is 14.9 Å². The zero-order valence-corrected chi connectivity index (χ0v) is 18.6. The highest BCUT2D eigenvalue weighted by Gasteiger charge is 2.36. The molecule has 7 nitrogen and oxygen atoms in total. The van der Waals surface area contributed by atoms with Crippen LogP contribution in [0.15, 0.2) is 72.4 Å². The van der Waals surface area contributed by atoms with E-state index in [9.17, 15) is 14.4 Å². The van der Waals surface area contributed by atoms with Gasteiger partial charge in [0.1, 0.15) is 17.9 Å². The first kappa shape index (κ1) is 22.1. The minimum absolute atomic E-state index is 0.103. The van der Waals surface area contributed by atoms with Gasteiger partial charge in [-0.15, -0.1) is 0 Å². The van der Waals surface area contributed by atoms with E-state index < -0.39 is 17.8 Å². The Morgan fingerprint density at radius 2 is 1.70 bits per heavy atom. The van der Waals surface area contributed by atoms with Crippen LogP contribution in [0.5, 0.6) is 5.75 Å². The van der Waals surface area contributed by atoms with Gasteiger partial charge in [0.25, 0.3) is 11.8 Å². The number of anilines is 1. The fourth-order valence-electron chi connectivity index (χ4n) is 3.58. The third-order valence-electron chi connectivity index (χ3n) is 5.48. The molecule has 1 aliphatic heterocycles. The van der Waals surface area contributed by atoms with Crippen molar-refractivity contribution in [3.63, 3.8) is 0 Å². The second-order valence-electron chi connectivity index (χ2n) is 7.77. The van der Waals surface area contributed by atoms with Crippen molar-refractivity contribution in [2.45, 2.75) is 26.8 Å². The van der Waals surface area contributed by atoms with Crippen molar-refractivity contribution < 1.29 is 19.1 Å². The lowest BCUT2D eigenvalue weighted by molar-refractivity contribution is -0.122. The molecule has 168 valence electrons. The number of aromatic nitrogens is 1. The second kappa shape index (κ2) is 9.56. The van der Waals surface area contributed by atoms with E-state index in [1.54, 1.807) is 18.2 Å². The molecular weight excluding hydrogens is 418 g/mol. The van der Waals surface area contributed by atoms with Crippen molar-refractivity contribution in [1.29, 1.82) is 0 Å². The van der Waals surface area contributed by atoms with Gasteiger partial charge in [0.15, 0.2) is 0 Å². The second-order valence-corrected chi connectivity index (χ2v) is 7.77. The fourth-order valence-corrected chi connectivity index (χ4v) is 3.58. The van der Waals surface area contributed by atoms with Gasteiger partial charge in [-0.05, 0) is 61.4 Å². The maximum atomic E-state index is 13.1. The molecule has 4 amide bonds. The maximum absolute atomic E-state index is 13.1. The van der Waals surface area contributed by atoms with Crippen LogP contribution in [0.1, 0.15) is 23.7 Å². The average molecular weight is 444 g/mol. The molecule has 0 unspecified atom stereocenters. The van der Waals surface area contributed by atoms with Gasteiger partial charge in [0.05, 0.1) is 12.2 Å². The van der Waals surface area contributed by atoms with Gasteiger partial charge < -0.3 is 9.30 Å². The van der Waals surface area contributed by atoms with E-state index in [1.807, 2.05) is 67.1 Å². The van der Waals surface area contributed by atoms with Crippen LogP contribution in [0.4, 0.5) is 10.5 Å². The van der Waals surface area contributed by atoms with Gasteiger partial charge in [0, 0.05) is 11.9 Å². The summed E-state index contributed by atoms with van der Waals surface area (Å²) in [6.45, 7) is 4.98. The number of barbiturate groups is 1. The summed E-state index contributed by atoms with van der Waals surface area (Å²) in [4.78, 5) is 39.0. The summed E-state index contributed by atoms with van der Waals surface area (Å²) in [6, 6.07) is 17.8. The van der Waals surface area contributed by atoms with Gasteiger partial charge in [-0.2, -0.15) is 0 Å². The number of benzene rings is 2. The van der Waals surface area contributed by atoms with Gasteiger partial charge in [-0.1, -0.05) is 36.8 Å². The number of hydrogen-bond donors (Lipinski definition) is 1. The molecule has 7 heteroatoms. The molecule has 4 rings (SSSR count). The first-order chi connectivity index (χ1) is 16.0. The molecule has 1 N–H and O–H groups in total. The van der Waals surface area contributed by atoms with Crippen LogP contribution in [0.25, 0.3) is 6.08 Å². The lowest BCUT2D eigenvalue weighted by Crippen LogP contribution is -2.54. The van der Waals surface area contributed by atoms with Crippen LogP contribution in [-0.2, 0) is 22.6 Å². The minimum atomic E-state index is -0.756. The van der Waals surface area contributed by atoms with Crippen LogP contribution in [0.2, 0.25) is 0 Å². The van der Waals surface area contributed by atoms with Crippen LogP contribution in [0, 0.1) is 6.92 Å². The highest BCUT2D eigenvalue weighted by molar-refractivity contribution is 6.39. The number of imide groups is 2. The van der Waals surface area contributed by atoms with E-state index in [-0.39, 0.29) is 5.57 Å². The van der Waals surface area contributed by atoms with Crippen molar-refractivity contribution in [2.75, 3.05) is 11.5 Å². The van der Waals surface area contributed by atoms with Crippen LogP contribution >= 0.6 is 0 Å². The quantitative estimate of drug-likeness (QED) is 0.440. The summed E-state index contributed by atoms with van der Waals surface area (Å²) < 4.78 is 7.68. The number of nitrogens with one attached hydrogen (secondary N) is 1. The number of nitrogens with zero attached hydrogens (tertiary/aromatic N) is 2. The predicted octanol–water partition coefficient (Wildman–Crippen LogP) is 4.10. The Kier molecular flexibility index (Phi) is 6.40. The monoisotopic (exact) mass is 443 g/mol. The Labute approximate surface area is 192 Å². The summed E-state index contributed by atoms with van der Waals surface area (Å²) in [5, 5.41) is 2.26. The Hall–Kier alpha value is -4.13. The molecule has 0 spiro atoms. The van der Waals surface area contributed by atoms with Gasteiger partial charge in [0.2, 0.25) is 0 Å². The highest BCUT2D eigenvalue weighted by Crippen LogP contribution is 2.23. The van der Waals surface area contributed by atoms with E-state index in [0.29, 0.717) is 24.5 Å². The number of ether oxygens (including phenoxy) is 1. The van der Waals surface area contributed by atoms with Crippen molar-refractivity contribution in [2.24, 2.45) is 0 Å². The number of amides is 4. The smallest absolute Gasteiger partial charge is 0.335 e. The Morgan fingerprint density at radius 3 is 2.39 bits per heavy atom. The number of urea groups is 1. The zero-order valence-electron chi connectivity index (χ0n) is 18.6. The molecule has 0 atom stereocenters. The van der Waals surface area contributed by atoms with E-state index >= 15 is 0 Å². The Bertz CT molecular complexity index is 1210. The van der Waals surface area contributed by atoms with Crippen molar-refractivity contribution in [1.82, 2.24) is 9.88 Å². The molecule has 0 aliphatic carbocycles. The van der Waals surface area contributed by atoms with Crippen LogP contribution < -0.4 is 15.0 Å². The van der Waals surface area contributed by atoms with E-state index in [4.69, 9.17) is 4.74 Å². The highest BCUT2D eigenvalue weighted by atomic mass is 16.5. The summed E-state index contributed by atoms with van der Waals surface area (Å²) in [7, 11) is 0. The van der Waals surface area contributed by atoms with E-state index in [1.165, 1.54) is 6.08 Å². The molecular formula is C26H25N3O4. The number of rotatable bonds is 7. The molecule has 1 aliphatic rings. The largest absolute Gasteiger partial charge is 0.492 e. The number of aryl methyl sites for hydroxylation is 2. The van der Waals surface area contributed by atoms with Gasteiger partial charge >= 0.3 is 6.03 Å². The van der Waals surface area contributed by atoms with Crippen molar-refractivity contribution >= 4 is 29.6 Å². The summed E-state index contributed by atoms with van der Waals surface area (Å²) >= 11 is 0.